The molecule has 16 heavy (non-hydrogen) atoms. The van der Waals surface area contributed by atoms with Gasteiger partial charge in [-0.25, -0.2) is 0 Å². The lowest BCUT2D eigenvalue weighted by atomic mass is 10.1. The summed E-state index contributed by atoms with van der Waals surface area (Å²) in [6.07, 6.45) is 2.20. The van der Waals surface area contributed by atoms with Crippen LogP contribution in [-0.2, 0) is 6.54 Å². The molecule has 0 spiro atoms. The van der Waals surface area contributed by atoms with Gasteiger partial charge in [0, 0.05) is 12.6 Å². The number of aliphatic hydroxyl groups excluding tert-OH is 1. The van der Waals surface area contributed by atoms with E-state index in [4.69, 9.17) is 5.26 Å². The zero-order valence-electron chi connectivity index (χ0n) is 9.26. The summed E-state index contributed by atoms with van der Waals surface area (Å²) in [6.45, 7) is 2.01. The van der Waals surface area contributed by atoms with E-state index in [-0.39, 0.29) is 12.6 Å². The molecule has 1 fully saturated rings. The summed E-state index contributed by atoms with van der Waals surface area (Å²) in [7, 11) is 0. The first-order chi connectivity index (χ1) is 7.85. The highest BCUT2D eigenvalue weighted by Gasteiger charge is 2.23. The first-order valence-electron chi connectivity index (χ1n) is 5.68. The molecule has 0 saturated carbocycles. The highest BCUT2D eigenvalue weighted by molar-refractivity contribution is 5.37. The maximum absolute atomic E-state index is 9.23. The Morgan fingerprint density at radius 3 is 3.00 bits per heavy atom. The number of rotatable bonds is 3. The van der Waals surface area contributed by atoms with Crippen molar-refractivity contribution in [1.29, 1.82) is 5.26 Å². The molecule has 0 amide bonds. The topological polar surface area (TPSA) is 47.3 Å². The first kappa shape index (κ1) is 11.1. The molecule has 0 aromatic heterocycles. The van der Waals surface area contributed by atoms with Crippen LogP contribution in [0.4, 0.5) is 0 Å². The van der Waals surface area contributed by atoms with Crippen LogP contribution in [0.25, 0.3) is 0 Å². The third-order valence-corrected chi connectivity index (χ3v) is 3.22. The van der Waals surface area contributed by atoms with Crippen molar-refractivity contribution in [2.45, 2.75) is 25.4 Å². The lowest BCUT2D eigenvalue weighted by molar-refractivity contribution is 0.153. The first-order valence-corrected chi connectivity index (χ1v) is 5.68. The number of aliphatic hydroxyl groups is 1. The molecule has 1 atom stereocenters. The predicted molar refractivity (Wildman–Crippen MR) is 61.7 cm³/mol. The number of benzene rings is 1. The van der Waals surface area contributed by atoms with Gasteiger partial charge in [0.05, 0.1) is 18.2 Å². The van der Waals surface area contributed by atoms with Gasteiger partial charge in [0.2, 0.25) is 0 Å². The Labute approximate surface area is 95.9 Å². The van der Waals surface area contributed by atoms with Crippen LogP contribution in [0, 0.1) is 11.3 Å². The molecule has 1 saturated heterocycles. The lowest BCUT2D eigenvalue weighted by Gasteiger charge is -2.22. The number of nitriles is 1. The number of hydrogen-bond acceptors (Lipinski definition) is 3. The van der Waals surface area contributed by atoms with E-state index in [0.717, 1.165) is 37.1 Å². The average molecular weight is 216 g/mol. The molecule has 1 aliphatic rings. The molecule has 1 heterocycles. The summed E-state index contributed by atoms with van der Waals surface area (Å²) in [6, 6.07) is 10.2. The van der Waals surface area contributed by atoms with Crippen molar-refractivity contribution in [3.8, 4) is 6.07 Å². The largest absolute Gasteiger partial charge is 0.395 e. The van der Waals surface area contributed by atoms with Crippen LogP contribution in [0.2, 0.25) is 0 Å². The van der Waals surface area contributed by atoms with Gasteiger partial charge in [-0.3, -0.25) is 4.90 Å². The fourth-order valence-corrected chi connectivity index (χ4v) is 2.30. The molecular weight excluding hydrogens is 200 g/mol. The van der Waals surface area contributed by atoms with Crippen LogP contribution in [0.3, 0.4) is 0 Å². The van der Waals surface area contributed by atoms with Gasteiger partial charge in [0.25, 0.3) is 0 Å². The smallest absolute Gasteiger partial charge is 0.0995 e. The quantitative estimate of drug-likeness (QED) is 0.833. The second-order valence-electron chi connectivity index (χ2n) is 4.22. The van der Waals surface area contributed by atoms with Crippen molar-refractivity contribution in [3.63, 3.8) is 0 Å². The van der Waals surface area contributed by atoms with Crippen molar-refractivity contribution >= 4 is 0 Å². The minimum atomic E-state index is 0.217. The molecule has 3 nitrogen and oxygen atoms in total. The lowest BCUT2D eigenvalue weighted by Crippen LogP contribution is -2.31. The Morgan fingerprint density at radius 1 is 1.44 bits per heavy atom. The number of likely N-dealkylation sites (tertiary alicyclic amines) is 1. The molecule has 0 unspecified atom stereocenters. The molecule has 3 heteroatoms. The van der Waals surface area contributed by atoms with Crippen molar-refractivity contribution in [2.24, 2.45) is 0 Å². The van der Waals surface area contributed by atoms with Gasteiger partial charge in [0.15, 0.2) is 0 Å². The molecule has 84 valence electrons. The van der Waals surface area contributed by atoms with Crippen LogP contribution in [0.5, 0.6) is 0 Å². The van der Waals surface area contributed by atoms with E-state index in [1.807, 2.05) is 24.3 Å². The number of nitrogens with zero attached hydrogens (tertiary/aromatic N) is 2. The minimum Gasteiger partial charge on any atom is -0.395 e. The molecule has 1 aromatic carbocycles. The van der Waals surface area contributed by atoms with Gasteiger partial charge in [-0.1, -0.05) is 18.2 Å². The molecule has 0 aliphatic carbocycles. The van der Waals surface area contributed by atoms with E-state index < -0.39 is 0 Å². The Morgan fingerprint density at radius 2 is 2.25 bits per heavy atom. The van der Waals surface area contributed by atoms with Crippen LogP contribution in [-0.4, -0.2) is 29.2 Å². The van der Waals surface area contributed by atoms with Crippen molar-refractivity contribution in [3.05, 3.63) is 35.4 Å². The van der Waals surface area contributed by atoms with Crippen LogP contribution < -0.4 is 0 Å². The molecule has 2 rings (SSSR count). The molecule has 0 bridgehead atoms. The summed E-state index contributed by atoms with van der Waals surface area (Å²) in [5.41, 5.74) is 1.80. The fourth-order valence-electron chi connectivity index (χ4n) is 2.30. The van der Waals surface area contributed by atoms with E-state index in [1.165, 1.54) is 0 Å². The van der Waals surface area contributed by atoms with E-state index >= 15 is 0 Å². The Bertz CT molecular complexity index is 397. The van der Waals surface area contributed by atoms with Gasteiger partial charge < -0.3 is 5.11 Å². The summed E-state index contributed by atoms with van der Waals surface area (Å²) in [5.74, 6) is 0. The van der Waals surface area contributed by atoms with Gasteiger partial charge in [0.1, 0.15) is 0 Å². The molecule has 0 radical (unpaired) electrons. The van der Waals surface area contributed by atoms with Gasteiger partial charge in [-0.15, -0.1) is 0 Å². The van der Waals surface area contributed by atoms with E-state index in [9.17, 15) is 5.11 Å². The van der Waals surface area contributed by atoms with E-state index in [2.05, 4.69) is 11.0 Å². The van der Waals surface area contributed by atoms with Crippen molar-refractivity contribution < 1.29 is 5.11 Å². The van der Waals surface area contributed by atoms with Crippen molar-refractivity contribution in [2.75, 3.05) is 13.2 Å². The van der Waals surface area contributed by atoms with Crippen molar-refractivity contribution in [1.82, 2.24) is 4.90 Å². The third kappa shape index (κ3) is 2.24. The monoisotopic (exact) mass is 216 g/mol. The minimum absolute atomic E-state index is 0.217. The summed E-state index contributed by atoms with van der Waals surface area (Å²) < 4.78 is 0. The summed E-state index contributed by atoms with van der Waals surface area (Å²) in [5, 5.41) is 18.2. The second kappa shape index (κ2) is 5.11. The predicted octanol–water partition coefficient (Wildman–Crippen LogP) is 1.51. The summed E-state index contributed by atoms with van der Waals surface area (Å²) in [4.78, 5) is 2.26. The SMILES string of the molecule is N#Cc1ccccc1CN1CCC[C@H]1CO. The zero-order chi connectivity index (χ0) is 11.4. The normalized spacial score (nSPS) is 20.9. The standard InChI is InChI=1S/C13H16N2O/c14-8-11-4-1-2-5-12(11)9-15-7-3-6-13(15)10-16/h1-2,4-5,13,16H,3,6-7,9-10H2/t13-/m0/s1. The summed E-state index contributed by atoms with van der Waals surface area (Å²) >= 11 is 0. The zero-order valence-corrected chi connectivity index (χ0v) is 9.26. The maximum Gasteiger partial charge on any atom is 0.0995 e. The average Bonchev–Trinajstić information content (AvgIpc) is 2.77. The van der Waals surface area contributed by atoms with Gasteiger partial charge in [-0.05, 0) is 31.0 Å². The third-order valence-electron chi connectivity index (χ3n) is 3.22. The fraction of sp³-hybridized carbons (Fsp3) is 0.462. The second-order valence-corrected chi connectivity index (χ2v) is 4.22. The molecular formula is C13H16N2O. The Hall–Kier alpha value is -1.37. The van der Waals surface area contributed by atoms with Crippen LogP contribution >= 0.6 is 0 Å². The van der Waals surface area contributed by atoms with Crippen LogP contribution in [0.15, 0.2) is 24.3 Å². The number of hydrogen-bond donors (Lipinski definition) is 1. The van der Waals surface area contributed by atoms with Gasteiger partial charge >= 0.3 is 0 Å². The molecule has 1 aliphatic heterocycles. The molecule has 1 N–H and O–H groups in total. The Kier molecular flexibility index (Phi) is 3.55. The van der Waals surface area contributed by atoms with E-state index in [0.29, 0.717) is 0 Å². The van der Waals surface area contributed by atoms with E-state index in [1.54, 1.807) is 0 Å². The highest BCUT2D eigenvalue weighted by atomic mass is 16.3. The maximum atomic E-state index is 9.23. The molecule has 1 aromatic rings. The van der Waals surface area contributed by atoms with Gasteiger partial charge in [-0.2, -0.15) is 5.26 Å². The van der Waals surface area contributed by atoms with Crippen LogP contribution in [0.1, 0.15) is 24.0 Å². The highest BCUT2D eigenvalue weighted by Crippen LogP contribution is 2.20. The Balaban J connectivity index is 2.12.